The highest BCUT2D eigenvalue weighted by atomic mass is 16.3. The predicted molar refractivity (Wildman–Crippen MR) is 118 cm³/mol. The molecule has 0 aliphatic heterocycles. The van der Waals surface area contributed by atoms with E-state index in [2.05, 4.69) is 26.8 Å². The molecule has 5 atom stereocenters. The fraction of sp³-hybridized carbons (Fsp3) is 0.778. The molecule has 4 aliphatic carbocycles. The van der Waals surface area contributed by atoms with E-state index in [1.54, 1.807) is 0 Å². The predicted octanol–water partition coefficient (Wildman–Crippen LogP) is 6.59. The second-order valence-corrected chi connectivity index (χ2v) is 12.0. The third-order valence-electron chi connectivity index (χ3n) is 10.1. The Hall–Kier alpha value is -1.02. The van der Waals surface area contributed by atoms with Crippen molar-refractivity contribution in [1.82, 2.24) is 0 Å². The van der Waals surface area contributed by atoms with Crippen molar-refractivity contribution in [3.8, 4) is 5.75 Å². The summed E-state index contributed by atoms with van der Waals surface area (Å²) in [5.41, 5.74) is 3.04. The summed E-state index contributed by atoms with van der Waals surface area (Å²) in [5, 5.41) is 21.8. The third kappa shape index (κ3) is 3.08. The zero-order chi connectivity index (χ0) is 20.4. The first-order valence-electron chi connectivity index (χ1n) is 12.3. The van der Waals surface area contributed by atoms with Crippen LogP contribution in [0, 0.1) is 28.6 Å². The molecule has 3 saturated carbocycles. The maximum Gasteiger partial charge on any atom is 0.115 e. The second kappa shape index (κ2) is 6.74. The average Bonchev–Trinajstić information content (AvgIpc) is 2.91. The SMILES string of the molecule is CC1CC(C)(CCC[C@]2(O)CCC3C4CCc5cc(O)ccc5C4CC[C@@]32C)C1. The fourth-order valence-electron chi connectivity index (χ4n) is 8.72. The topological polar surface area (TPSA) is 40.5 Å². The van der Waals surface area contributed by atoms with Crippen LogP contribution in [0.2, 0.25) is 0 Å². The molecular weight excluding hydrogens is 356 g/mol. The molecule has 2 N–H and O–H groups in total. The molecule has 160 valence electrons. The van der Waals surface area contributed by atoms with Gasteiger partial charge in [-0.15, -0.1) is 0 Å². The summed E-state index contributed by atoms with van der Waals surface area (Å²) >= 11 is 0. The van der Waals surface area contributed by atoms with Gasteiger partial charge in [0, 0.05) is 0 Å². The monoisotopic (exact) mass is 396 g/mol. The van der Waals surface area contributed by atoms with Crippen LogP contribution in [0.15, 0.2) is 18.2 Å². The van der Waals surface area contributed by atoms with Crippen molar-refractivity contribution in [2.24, 2.45) is 28.6 Å². The smallest absolute Gasteiger partial charge is 0.115 e. The largest absolute Gasteiger partial charge is 0.508 e. The summed E-state index contributed by atoms with van der Waals surface area (Å²) in [6.45, 7) is 7.26. The number of hydrogen-bond donors (Lipinski definition) is 2. The molecule has 0 bridgehead atoms. The molecule has 4 aliphatic rings. The minimum atomic E-state index is -0.455. The Labute approximate surface area is 177 Å². The summed E-state index contributed by atoms with van der Waals surface area (Å²) in [4.78, 5) is 0. The molecule has 29 heavy (non-hydrogen) atoms. The van der Waals surface area contributed by atoms with Crippen molar-refractivity contribution < 1.29 is 10.2 Å². The van der Waals surface area contributed by atoms with Crippen LogP contribution in [0.1, 0.15) is 102 Å². The van der Waals surface area contributed by atoms with Gasteiger partial charge in [-0.3, -0.25) is 0 Å². The Balaban J connectivity index is 1.30. The highest BCUT2D eigenvalue weighted by Crippen LogP contribution is 2.65. The molecule has 0 aromatic heterocycles. The lowest BCUT2D eigenvalue weighted by molar-refractivity contribution is -0.110. The van der Waals surface area contributed by atoms with E-state index < -0.39 is 5.60 Å². The van der Waals surface area contributed by atoms with Crippen molar-refractivity contribution in [1.29, 1.82) is 0 Å². The Morgan fingerprint density at radius 1 is 1.03 bits per heavy atom. The van der Waals surface area contributed by atoms with E-state index in [9.17, 15) is 10.2 Å². The lowest BCUT2D eigenvalue weighted by Crippen LogP contribution is -2.51. The lowest BCUT2D eigenvalue weighted by atomic mass is 9.52. The number of aromatic hydroxyl groups is 1. The molecule has 1 aromatic rings. The highest BCUT2D eigenvalue weighted by Gasteiger charge is 2.61. The van der Waals surface area contributed by atoms with Crippen LogP contribution in [0.5, 0.6) is 5.75 Å². The Kier molecular flexibility index (Phi) is 4.63. The van der Waals surface area contributed by atoms with Gasteiger partial charge in [-0.05, 0) is 122 Å². The molecule has 0 saturated heterocycles. The third-order valence-corrected chi connectivity index (χ3v) is 10.1. The number of fused-ring (bicyclic) bond motifs is 5. The molecule has 0 amide bonds. The number of hydrogen-bond acceptors (Lipinski definition) is 2. The van der Waals surface area contributed by atoms with Crippen LogP contribution in [-0.4, -0.2) is 15.8 Å². The maximum atomic E-state index is 11.9. The highest BCUT2D eigenvalue weighted by molar-refractivity contribution is 5.40. The van der Waals surface area contributed by atoms with E-state index in [4.69, 9.17) is 0 Å². The number of phenols is 1. The van der Waals surface area contributed by atoms with Gasteiger partial charge in [-0.2, -0.15) is 0 Å². The summed E-state index contributed by atoms with van der Waals surface area (Å²) in [6, 6.07) is 6.06. The Morgan fingerprint density at radius 3 is 2.59 bits per heavy atom. The van der Waals surface area contributed by atoms with Gasteiger partial charge in [0.05, 0.1) is 5.60 Å². The Bertz CT molecular complexity index is 779. The normalized spacial score (nSPS) is 45.8. The first-order valence-corrected chi connectivity index (χ1v) is 12.3. The van der Waals surface area contributed by atoms with Gasteiger partial charge in [-0.25, -0.2) is 0 Å². The molecule has 0 spiro atoms. The molecular formula is C27H40O2. The molecule has 0 radical (unpaired) electrons. The van der Waals surface area contributed by atoms with Gasteiger partial charge in [0.2, 0.25) is 0 Å². The zero-order valence-corrected chi connectivity index (χ0v) is 18.7. The molecule has 1 aromatic carbocycles. The van der Waals surface area contributed by atoms with E-state index in [0.717, 1.165) is 31.6 Å². The van der Waals surface area contributed by atoms with Gasteiger partial charge < -0.3 is 10.2 Å². The van der Waals surface area contributed by atoms with Crippen molar-refractivity contribution in [3.63, 3.8) is 0 Å². The van der Waals surface area contributed by atoms with Crippen LogP contribution in [-0.2, 0) is 6.42 Å². The first kappa shape index (κ1) is 19.9. The number of aliphatic hydroxyl groups is 1. The molecule has 2 nitrogen and oxygen atoms in total. The quantitative estimate of drug-likeness (QED) is 0.603. The summed E-state index contributed by atoms with van der Waals surface area (Å²) in [7, 11) is 0. The van der Waals surface area contributed by atoms with Crippen molar-refractivity contribution in [3.05, 3.63) is 29.3 Å². The molecule has 5 rings (SSSR count). The van der Waals surface area contributed by atoms with Crippen LogP contribution >= 0.6 is 0 Å². The number of phenolic OH excluding ortho intramolecular Hbond substituents is 1. The number of benzene rings is 1. The average molecular weight is 397 g/mol. The van der Waals surface area contributed by atoms with Crippen LogP contribution in [0.25, 0.3) is 0 Å². The van der Waals surface area contributed by atoms with Gasteiger partial charge in [-0.1, -0.05) is 33.3 Å². The van der Waals surface area contributed by atoms with E-state index in [1.807, 2.05) is 12.1 Å². The fourth-order valence-corrected chi connectivity index (χ4v) is 8.72. The molecule has 3 fully saturated rings. The minimum absolute atomic E-state index is 0.0936. The van der Waals surface area contributed by atoms with Crippen molar-refractivity contribution >= 4 is 0 Å². The lowest BCUT2D eigenvalue weighted by Gasteiger charge is -2.53. The van der Waals surface area contributed by atoms with Gasteiger partial charge in [0.1, 0.15) is 5.75 Å². The second-order valence-electron chi connectivity index (χ2n) is 12.0. The minimum Gasteiger partial charge on any atom is -0.508 e. The first-order chi connectivity index (χ1) is 13.7. The summed E-state index contributed by atoms with van der Waals surface area (Å²) in [5.74, 6) is 3.32. The maximum absolute atomic E-state index is 11.9. The van der Waals surface area contributed by atoms with E-state index >= 15 is 0 Å². The van der Waals surface area contributed by atoms with E-state index in [1.165, 1.54) is 56.1 Å². The van der Waals surface area contributed by atoms with E-state index in [-0.39, 0.29) is 5.41 Å². The van der Waals surface area contributed by atoms with E-state index in [0.29, 0.717) is 28.9 Å². The van der Waals surface area contributed by atoms with Gasteiger partial charge >= 0.3 is 0 Å². The zero-order valence-electron chi connectivity index (χ0n) is 18.7. The number of rotatable bonds is 4. The molecule has 3 unspecified atom stereocenters. The van der Waals surface area contributed by atoms with Gasteiger partial charge in [0.15, 0.2) is 0 Å². The standard InChI is InChI=1S/C27H40O2/c1-18-16-25(2,17-18)11-4-12-27(29)14-10-24-23-7-5-19-15-20(28)6-8-21(19)22(23)9-13-26(24,27)3/h6,8,15,18,22-24,28-29H,4-5,7,9-14,16-17H2,1-3H3/t18?,22?,23?,24?,25?,26-,27-/m0/s1. The molecule has 0 heterocycles. The van der Waals surface area contributed by atoms with Crippen LogP contribution in [0.4, 0.5) is 0 Å². The van der Waals surface area contributed by atoms with Gasteiger partial charge in [0.25, 0.3) is 0 Å². The van der Waals surface area contributed by atoms with Crippen molar-refractivity contribution in [2.75, 3.05) is 0 Å². The summed E-state index contributed by atoms with van der Waals surface area (Å²) in [6.07, 6.45) is 13.1. The van der Waals surface area contributed by atoms with Crippen LogP contribution < -0.4 is 0 Å². The Morgan fingerprint density at radius 2 is 1.83 bits per heavy atom. The summed E-state index contributed by atoms with van der Waals surface area (Å²) < 4.78 is 0. The van der Waals surface area contributed by atoms with Crippen LogP contribution in [0.3, 0.4) is 0 Å². The number of aryl methyl sites for hydroxylation is 1. The van der Waals surface area contributed by atoms with Crippen molar-refractivity contribution in [2.45, 2.75) is 103 Å². The molecule has 2 heteroatoms.